The summed E-state index contributed by atoms with van der Waals surface area (Å²) < 4.78 is 0. The van der Waals surface area contributed by atoms with Crippen LogP contribution in [0.25, 0.3) is 0 Å². The lowest BCUT2D eigenvalue weighted by Crippen LogP contribution is -2.48. The maximum absolute atomic E-state index is 3.71. The molecule has 2 aliphatic heterocycles. The number of rotatable bonds is 4. The van der Waals surface area contributed by atoms with Crippen LogP contribution in [0.15, 0.2) is 0 Å². The monoisotopic (exact) mass is 220 g/mol. The fourth-order valence-corrected chi connectivity index (χ4v) is 3.18. The Morgan fingerprint density at radius 1 is 1.25 bits per heavy atom. The Kier molecular flexibility index (Phi) is 4.26. The van der Waals surface area contributed by atoms with Crippen molar-refractivity contribution in [3.8, 4) is 11.8 Å². The lowest BCUT2D eigenvalue weighted by atomic mass is 9.98. The summed E-state index contributed by atoms with van der Waals surface area (Å²) in [5, 5.41) is 3.71. The summed E-state index contributed by atoms with van der Waals surface area (Å²) >= 11 is 0. The maximum Gasteiger partial charge on any atom is 0.0603 e. The molecule has 2 atom stereocenters. The zero-order chi connectivity index (χ0) is 11.4. The molecule has 2 heterocycles. The van der Waals surface area contributed by atoms with E-state index in [1.54, 1.807) is 0 Å². The van der Waals surface area contributed by atoms with Gasteiger partial charge in [0.25, 0.3) is 0 Å². The van der Waals surface area contributed by atoms with Gasteiger partial charge in [0, 0.05) is 18.1 Å². The average molecular weight is 220 g/mol. The van der Waals surface area contributed by atoms with Crippen LogP contribution in [0, 0.1) is 11.8 Å². The van der Waals surface area contributed by atoms with E-state index in [1.165, 1.54) is 38.6 Å². The quantitative estimate of drug-likeness (QED) is 0.729. The van der Waals surface area contributed by atoms with Crippen LogP contribution in [0.1, 0.15) is 46.0 Å². The molecule has 0 saturated carbocycles. The highest BCUT2D eigenvalue weighted by Gasteiger charge is 2.35. The Balaban J connectivity index is 1.93. The third-order valence-electron chi connectivity index (χ3n) is 3.93. The van der Waals surface area contributed by atoms with Crippen LogP contribution in [0.4, 0.5) is 0 Å². The van der Waals surface area contributed by atoms with E-state index in [4.69, 9.17) is 0 Å². The topological polar surface area (TPSA) is 15.3 Å². The lowest BCUT2D eigenvalue weighted by Gasteiger charge is -2.36. The van der Waals surface area contributed by atoms with Crippen LogP contribution in [0.2, 0.25) is 0 Å². The molecule has 0 aliphatic carbocycles. The number of fused-ring (bicyclic) bond motifs is 2. The number of piperidine rings is 1. The van der Waals surface area contributed by atoms with E-state index in [-0.39, 0.29) is 0 Å². The van der Waals surface area contributed by atoms with Crippen molar-refractivity contribution in [3.05, 3.63) is 0 Å². The van der Waals surface area contributed by atoms with Crippen molar-refractivity contribution < 1.29 is 0 Å². The summed E-state index contributed by atoms with van der Waals surface area (Å²) in [6.45, 7) is 6.38. The number of hydrogen-bond acceptors (Lipinski definition) is 2. The van der Waals surface area contributed by atoms with Gasteiger partial charge in [-0.25, -0.2) is 0 Å². The fraction of sp³-hybridized carbons (Fsp3) is 0.857. The van der Waals surface area contributed by atoms with Crippen molar-refractivity contribution in [2.45, 2.75) is 64.1 Å². The van der Waals surface area contributed by atoms with E-state index in [9.17, 15) is 0 Å². The van der Waals surface area contributed by atoms with Gasteiger partial charge in [-0.1, -0.05) is 12.8 Å². The number of hydrogen-bond donors (Lipinski definition) is 1. The van der Waals surface area contributed by atoms with Crippen molar-refractivity contribution in [2.75, 3.05) is 13.1 Å². The molecule has 2 rings (SSSR count). The summed E-state index contributed by atoms with van der Waals surface area (Å²) in [7, 11) is 0. The average Bonchev–Trinajstić information content (AvgIpc) is 2.63. The minimum Gasteiger partial charge on any atom is -0.311 e. The Bertz CT molecular complexity index is 264. The minimum atomic E-state index is 0.777. The van der Waals surface area contributed by atoms with Gasteiger partial charge in [0.2, 0.25) is 0 Å². The second-order valence-electron chi connectivity index (χ2n) is 5.16. The van der Waals surface area contributed by atoms with Crippen LogP contribution in [0.5, 0.6) is 0 Å². The highest BCUT2D eigenvalue weighted by Crippen LogP contribution is 2.29. The van der Waals surface area contributed by atoms with Gasteiger partial charge in [0.1, 0.15) is 0 Å². The predicted octanol–water partition coefficient (Wildman–Crippen LogP) is 2.00. The SMILES string of the molecule is CC#CCN(CCC)C1CC2CCC(C1)N2. The number of nitrogens with one attached hydrogen (secondary N) is 1. The van der Waals surface area contributed by atoms with E-state index >= 15 is 0 Å². The van der Waals surface area contributed by atoms with Crippen molar-refractivity contribution in [3.63, 3.8) is 0 Å². The summed E-state index contributed by atoms with van der Waals surface area (Å²) in [4.78, 5) is 2.60. The molecule has 0 aromatic rings. The first-order chi connectivity index (χ1) is 7.83. The summed E-state index contributed by atoms with van der Waals surface area (Å²) in [6.07, 6.45) is 6.69. The molecule has 2 fully saturated rings. The molecule has 0 aromatic heterocycles. The molecular weight excluding hydrogens is 196 g/mol. The molecule has 2 saturated heterocycles. The van der Waals surface area contributed by atoms with Crippen molar-refractivity contribution in [2.24, 2.45) is 0 Å². The molecule has 0 aromatic carbocycles. The van der Waals surface area contributed by atoms with Crippen molar-refractivity contribution in [1.82, 2.24) is 10.2 Å². The molecule has 16 heavy (non-hydrogen) atoms. The van der Waals surface area contributed by atoms with Crippen LogP contribution in [-0.2, 0) is 0 Å². The van der Waals surface area contributed by atoms with Gasteiger partial charge in [-0.05, 0) is 45.6 Å². The second-order valence-corrected chi connectivity index (χ2v) is 5.16. The summed E-state index contributed by atoms with van der Waals surface area (Å²) in [5.74, 6) is 6.26. The molecule has 2 nitrogen and oxygen atoms in total. The molecule has 2 bridgehead atoms. The second kappa shape index (κ2) is 5.70. The molecule has 0 radical (unpaired) electrons. The van der Waals surface area contributed by atoms with Crippen molar-refractivity contribution in [1.29, 1.82) is 0 Å². The Labute approximate surface area is 99.8 Å². The third kappa shape index (κ3) is 2.78. The standard InChI is InChI=1S/C14H24N2/c1-3-5-9-16(8-4-2)14-10-12-6-7-13(11-14)15-12/h12-15H,4,6-11H2,1-2H3. The normalized spacial score (nSPS) is 32.6. The molecular formula is C14H24N2. The zero-order valence-corrected chi connectivity index (χ0v) is 10.6. The van der Waals surface area contributed by atoms with Crippen LogP contribution >= 0.6 is 0 Å². The number of nitrogens with zero attached hydrogens (tertiary/aromatic N) is 1. The first-order valence-electron chi connectivity index (χ1n) is 6.73. The maximum atomic E-state index is 3.71. The third-order valence-corrected chi connectivity index (χ3v) is 3.93. The van der Waals surface area contributed by atoms with Crippen LogP contribution in [0.3, 0.4) is 0 Å². The van der Waals surface area contributed by atoms with Gasteiger partial charge in [0.05, 0.1) is 6.54 Å². The molecule has 0 amide bonds. The summed E-state index contributed by atoms with van der Waals surface area (Å²) in [6, 6.07) is 2.36. The van der Waals surface area contributed by atoms with Gasteiger partial charge < -0.3 is 5.32 Å². The minimum absolute atomic E-state index is 0.777. The molecule has 1 N–H and O–H groups in total. The first-order valence-corrected chi connectivity index (χ1v) is 6.73. The fourth-order valence-electron chi connectivity index (χ4n) is 3.18. The molecule has 0 spiro atoms. The Morgan fingerprint density at radius 3 is 2.50 bits per heavy atom. The smallest absolute Gasteiger partial charge is 0.0603 e. The molecule has 2 aliphatic rings. The first kappa shape index (κ1) is 12.0. The molecule has 2 heteroatoms. The van der Waals surface area contributed by atoms with E-state index in [0.717, 1.165) is 24.7 Å². The van der Waals surface area contributed by atoms with Gasteiger partial charge in [-0.2, -0.15) is 0 Å². The highest BCUT2D eigenvalue weighted by molar-refractivity contribution is 5.01. The van der Waals surface area contributed by atoms with Gasteiger partial charge in [0.15, 0.2) is 0 Å². The predicted molar refractivity (Wildman–Crippen MR) is 68.3 cm³/mol. The van der Waals surface area contributed by atoms with E-state index < -0.39 is 0 Å². The van der Waals surface area contributed by atoms with Crippen LogP contribution in [-0.4, -0.2) is 36.1 Å². The molecule has 2 unspecified atom stereocenters. The van der Waals surface area contributed by atoms with Gasteiger partial charge in [-0.3, -0.25) is 4.90 Å². The Morgan fingerprint density at radius 2 is 1.94 bits per heavy atom. The van der Waals surface area contributed by atoms with E-state index in [2.05, 4.69) is 29.0 Å². The van der Waals surface area contributed by atoms with Crippen molar-refractivity contribution >= 4 is 0 Å². The highest BCUT2D eigenvalue weighted by atomic mass is 15.2. The lowest BCUT2D eigenvalue weighted by molar-refractivity contribution is 0.158. The Hall–Kier alpha value is -0.520. The summed E-state index contributed by atoms with van der Waals surface area (Å²) in [5.41, 5.74) is 0. The van der Waals surface area contributed by atoms with Gasteiger partial charge in [-0.15, -0.1) is 5.92 Å². The van der Waals surface area contributed by atoms with Gasteiger partial charge >= 0.3 is 0 Å². The van der Waals surface area contributed by atoms with Crippen LogP contribution < -0.4 is 5.32 Å². The van der Waals surface area contributed by atoms with E-state index in [1.807, 2.05) is 6.92 Å². The van der Waals surface area contributed by atoms with E-state index in [0.29, 0.717) is 0 Å². The molecule has 90 valence electrons. The largest absolute Gasteiger partial charge is 0.311 e. The zero-order valence-electron chi connectivity index (χ0n) is 10.6.